The molecule has 2 rings (SSSR count). The van der Waals surface area contributed by atoms with Crippen LogP contribution in [0.5, 0.6) is 0 Å². The summed E-state index contributed by atoms with van der Waals surface area (Å²) in [6.07, 6.45) is 4.16. The number of halogens is 2. The minimum Gasteiger partial charge on any atom is -0.387 e. The number of hydrogen-bond acceptors (Lipinski definition) is 3. The number of aliphatic hydroxyl groups excluding tert-OH is 1. The van der Waals surface area contributed by atoms with Gasteiger partial charge in [-0.2, -0.15) is 11.8 Å². The van der Waals surface area contributed by atoms with Crippen molar-refractivity contribution in [1.82, 2.24) is 10.6 Å². The predicted octanol–water partition coefficient (Wildman–Crippen LogP) is 3.10. The summed E-state index contributed by atoms with van der Waals surface area (Å²) in [5.74, 6) is -0.586. The van der Waals surface area contributed by atoms with Crippen LogP contribution in [0, 0.1) is 5.82 Å². The summed E-state index contributed by atoms with van der Waals surface area (Å²) in [5, 5.41) is 16.1. The van der Waals surface area contributed by atoms with Gasteiger partial charge in [-0.3, -0.25) is 0 Å². The number of urea groups is 1. The van der Waals surface area contributed by atoms with E-state index in [1.807, 2.05) is 11.8 Å². The summed E-state index contributed by atoms with van der Waals surface area (Å²) < 4.78 is 13.3. The van der Waals surface area contributed by atoms with E-state index >= 15 is 0 Å². The normalized spacial score (nSPS) is 22.4. The second kappa shape index (κ2) is 8.04. The Morgan fingerprint density at radius 3 is 2.95 bits per heavy atom. The van der Waals surface area contributed by atoms with E-state index < -0.39 is 11.9 Å². The predicted molar refractivity (Wildman–Crippen MR) is 87.8 cm³/mol. The molecular weight excluding hydrogens is 327 g/mol. The molecule has 1 aromatic carbocycles. The molecular formula is C15H20ClFN2O2S. The van der Waals surface area contributed by atoms with Crippen LogP contribution in [0.1, 0.15) is 30.9 Å². The highest BCUT2D eigenvalue weighted by molar-refractivity contribution is 7.99. The Balaban J connectivity index is 1.77. The molecule has 1 aromatic rings. The molecule has 3 atom stereocenters. The fourth-order valence-corrected chi connectivity index (χ4v) is 3.46. The smallest absolute Gasteiger partial charge is 0.315 e. The van der Waals surface area contributed by atoms with E-state index in [1.54, 1.807) is 0 Å². The second-order valence-electron chi connectivity index (χ2n) is 5.41. The molecule has 0 saturated heterocycles. The standard InChI is InChI=1S/C15H20ClFN2O2S/c1-22-11-4-3-10(7-11)19-15(21)18-8-14(20)9-2-5-12(16)13(17)6-9/h2,5-6,10-11,14,20H,3-4,7-8H2,1H3,(H2,18,19,21)/t10-,11+,14+/m1/s1. The Kier molecular flexibility index (Phi) is 6.35. The van der Waals surface area contributed by atoms with Gasteiger partial charge in [0.25, 0.3) is 0 Å². The molecule has 0 aliphatic heterocycles. The van der Waals surface area contributed by atoms with E-state index in [0.29, 0.717) is 10.8 Å². The molecule has 0 radical (unpaired) electrons. The van der Waals surface area contributed by atoms with E-state index in [1.165, 1.54) is 18.2 Å². The van der Waals surface area contributed by atoms with Gasteiger partial charge in [0.05, 0.1) is 11.1 Å². The number of rotatable bonds is 5. The molecule has 0 aromatic heterocycles. The molecule has 0 heterocycles. The number of hydrogen-bond donors (Lipinski definition) is 3. The topological polar surface area (TPSA) is 61.4 Å². The van der Waals surface area contributed by atoms with Crippen LogP contribution in [0.4, 0.5) is 9.18 Å². The first kappa shape index (κ1) is 17.4. The first-order valence-electron chi connectivity index (χ1n) is 7.19. The van der Waals surface area contributed by atoms with E-state index in [4.69, 9.17) is 11.6 Å². The molecule has 1 saturated carbocycles. The number of aliphatic hydroxyl groups is 1. The summed E-state index contributed by atoms with van der Waals surface area (Å²) in [4.78, 5) is 11.8. The summed E-state index contributed by atoms with van der Waals surface area (Å²) in [6, 6.07) is 3.97. The minimum absolute atomic E-state index is 0.00577. The van der Waals surface area contributed by atoms with Crippen LogP contribution in [0.2, 0.25) is 5.02 Å². The van der Waals surface area contributed by atoms with Crippen molar-refractivity contribution in [3.63, 3.8) is 0 Å². The number of nitrogens with one attached hydrogen (secondary N) is 2. The zero-order valence-electron chi connectivity index (χ0n) is 12.3. The van der Waals surface area contributed by atoms with Crippen molar-refractivity contribution < 1.29 is 14.3 Å². The van der Waals surface area contributed by atoms with Gasteiger partial charge < -0.3 is 15.7 Å². The van der Waals surface area contributed by atoms with E-state index in [2.05, 4.69) is 16.9 Å². The van der Waals surface area contributed by atoms with Crippen LogP contribution in [0.3, 0.4) is 0 Å². The zero-order chi connectivity index (χ0) is 16.1. The van der Waals surface area contributed by atoms with Gasteiger partial charge in [-0.25, -0.2) is 9.18 Å². The molecule has 122 valence electrons. The van der Waals surface area contributed by atoms with Gasteiger partial charge in [-0.05, 0) is 43.2 Å². The van der Waals surface area contributed by atoms with Gasteiger partial charge >= 0.3 is 6.03 Å². The molecule has 1 aliphatic carbocycles. The first-order valence-corrected chi connectivity index (χ1v) is 8.86. The molecule has 7 heteroatoms. The lowest BCUT2D eigenvalue weighted by Gasteiger charge is -2.16. The van der Waals surface area contributed by atoms with Crippen LogP contribution >= 0.6 is 23.4 Å². The van der Waals surface area contributed by atoms with Crippen LogP contribution in [0.25, 0.3) is 0 Å². The molecule has 0 spiro atoms. The Morgan fingerprint density at radius 1 is 1.55 bits per heavy atom. The van der Waals surface area contributed by atoms with Crippen molar-refractivity contribution in [3.05, 3.63) is 34.6 Å². The fraction of sp³-hybridized carbons (Fsp3) is 0.533. The molecule has 1 fully saturated rings. The highest BCUT2D eigenvalue weighted by Crippen LogP contribution is 2.28. The van der Waals surface area contributed by atoms with Crippen LogP contribution in [-0.2, 0) is 0 Å². The summed E-state index contributed by atoms with van der Waals surface area (Å²) in [7, 11) is 0. The third kappa shape index (κ3) is 4.76. The van der Waals surface area contributed by atoms with Crippen molar-refractivity contribution in [1.29, 1.82) is 0 Å². The Bertz CT molecular complexity index is 532. The van der Waals surface area contributed by atoms with E-state index in [9.17, 15) is 14.3 Å². The molecule has 3 N–H and O–H groups in total. The monoisotopic (exact) mass is 346 g/mol. The summed E-state index contributed by atoms with van der Waals surface area (Å²) in [6.45, 7) is 0.0194. The van der Waals surface area contributed by atoms with E-state index in [0.717, 1.165) is 19.3 Å². The SMILES string of the molecule is CS[C@H]1CC[C@@H](NC(=O)NC[C@H](O)c2ccc(Cl)c(F)c2)C1. The molecule has 22 heavy (non-hydrogen) atoms. The van der Waals surface area contributed by atoms with Crippen molar-refractivity contribution in [2.75, 3.05) is 12.8 Å². The highest BCUT2D eigenvalue weighted by Gasteiger charge is 2.25. The largest absolute Gasteiger partial charge is 0.387 e. The first-order chi connectivity index (χ1) is 10.5. The van der Waals surface area contributed by atoms with Gasteiger partial charge in [-0.1, -0.05) is 17.7 Å². The van der Waals surface area contributed by atoms with Gasteiger partial charge in [-0.15, -0.1) is 0 Å². The van der Waals surface area contributed by atoms with Crippen molar-refractivity contribution >= 4 is 29.4 Å². The second-order valence-corrected chi connectivity index (χ2v) is 6.96. The van der Waals surface area contributed by atoms with Crippen molar-refractivity contribution in [2.24, 2.45) is 0 Å². The quantitative estimate of drug-likeness (QED) is 0.767. The Labute approximate surface area is 138 Å². The maximum Gasteiger partial charge on any atom is 0.315 e. The summed E-state index contributed by atoms with van der Waals surface area (Å²) >= 11 is 7.42. The van der Waals surface area contributed by atoms with Crippen LogP contribution in [-0.4, -0.2) is 35.2 Å². The maximum atomic E-state index is 13.3. The molecule has 2 amide bonds. The molecule has 1 aliphatic rings. The lowest BCUT2D eigenvalue weighted by atomic mass is 10.1. The van der Waals surface area contributed by atoms with Gasteiger partial charge in [0.2, 0.25) is 0 Å². The number of benzene rings is 1. The number of thioether (sulfide) groups is 1. The van der Waals surface area contributed by atoms with Crippen molar-refractivity contribution in [3.8, 4) is 0 Å². The number of amides is 2. The van der Waals surface area contributed by atoms with Gasteiger partial charge in [0, 0.05) is 17.8 Å². The Hall–Kier alpha value is -0.980. The third-order valence-corrected chi connectivity index (χ3v) is 5.24. The average Bonchev–Trinajstić information content (AvgIpc) is 2.95. The van der Waals surface area contributed by atoms with E-state index in [-0.39, 0.29) is 23.6 Å². The Morgan fingerprint density at radius 2 is 2.32 bits per heavy atom. The lowest BCUT2D eigenvalue weighted by Crippen LogP contribution is -2.42. The zero-order valence-corrected chi connectivity index (χ0v) is 13.9. The fourth-order valence-electron chi connectivity index (χ4n) is 2.55. The number of carbonyl (C=O) groups excluding carboxylic acids is 1. The number of carbonyl (C=O) groups is 1. The minimum atomic E-state index is -0.972. The highest BCUT2D eigenvalue weighted by atomic mass is 35.5. The maximum absolute atomic E-state index is 13.3. The van der Waals surface area contributed by atoms with Crippen LogP contribution in [0.15, 0.2) is 18.2 Å². The van der Waals surface area contributed by atoms with Gasteiger partial charge in [0.1, 0.15) is 5.82 Å². The molecule has 0 unspecified atom stereocenters. The van der Waals surface area contributed by atoms with Crippen LogP contribution < -0.4 is 10.6 Å². The molecule has 4 nitrogen and oxygen atoms in total. The molecule has 0 bridgehead atoms. The lowest BCUT2D eigenvalue weighted by molar-refractivity contribution is 0.172. The third-order valence-electron chi connectivity index (χ3n) is 3.84. The van der Waals surface area contributed by atoms with Crippen molar-refractivity contribution in [2.45, 2.75) is 36.7 Å². The average molecular weight is 347 g/mol. The van der Waals surface area contributed by atoms with Gasteiger partial charge in [0.15, 0.2) is 0 Å². The summed E-state index contributed by atoms with van der Waals surface area (Å²) in [5.41, 5.74) is 0.380.